The minimum Gasteiger partial charge on any atom is -0.337 e. The average molecular weight is 184 g/mol. The Hall–Kier alpha value is -0.570. The van der Waals surface area contributed by atoms with Gasteiger partial charge in [0.25, 0.3) is 0 Å². The number of H-pyrrole nitrogens is 1. The van der Waals surface area contributed by atoms with Gasteiger partial charge in [-0.25, -0.2) is 0 Å². The lowest BCUT2D eigenvalue weighted by atomic mass is 10.1. The van der Waals surface area contributed by atoms with Crippen LogP contribution in [0.15, 0.2) is 12.4 Å². The summed E-state index contributed by atoms with van der Waals surface area (Å²) in [7, 11) is 0. The Bertz CT molecular complexity index is 272. The maximum atomic E-state index is 5.07. The molecule has 2 nitrogen and oxygen atoms in total. The number of hydrogen-bond donors (Lipinski definition) is 1. The van der Waals surface area contributed by atoms with Crippen molar-refractivity contribution in [2.75, 3.05) is 0 Å². The lowest BCUT2D eigenvalue weighted by Crippen LogP contribution is -1.98. The minimum absolute atomic E-state index is 0.790. The molecule has 1 aromatic rings. The molecule has 0 aliphatic rings. The molecular formula is C9H16N2S. The SMILES string of the molecule is CC(C)CCCn1cc[nH]c1=S. The van der Waals surface area contributed by atoms with Crippen molar-refractivity contribution in [1.82, 2.24) is 9.55 Å². The van der Waals surface area contributed by atoms with Crippen molar-refractivity contribution in [1.29, 1.82) is 0 Å². The molecule has 0 atom stereocenters. The van der Waals surface area contributed by atoms with Gasteiger partial charge in [-0.15, -0.1) is 0 Å². The quantitative estimate of drug-likeness (QED) is 0.713. The van der Waals surface area contributed by atoms with Crippen LogP contribution in [-0.4, -0.2) is 9.55 Å². The van der Waals surface area contributed by atoms with E-state index in [9.17, 15) is 0 Å². The summed E-state index contributed by atoms with van der Waals surface area (Å²) in [6.07, 6.45) is 6.37. The first-order valence-corrected chi connectivity index (χ1v) is 4.85. The third-order valence-electron chi connectivity index (χ3n) is 1.90. The molecule has 68 valence electrons. The van der Waals surface area contributed by atoms with Gasteiger partial charge in [0.15, 0.2) is 4.77 Å². The van der Waals surface area contributed by atoms with Gasteiger partial charge in [-0.1, -0.05) is 13.8 Å². The van der Waals surface area contributed by atoms with Crippen molar-refractivity contribution in [2.24, 2.45) is 5.92 Å². The fourth-order valence-electron chi connectivity index (χ4n) is 1.20. The Kier molecular flexibility index (Phi) is 3.53. The molecule has 0 amide bonds. The van der Waals surface area contributed by atoms with E-state index in [2.05, 4.69) is 23.4 Å². The topological polar surface area (TPSA) is 20.7 Å². The molecule has 12 heavy (non-hydrogen) atoms. The van der Waals surface area contributed by atoms with Crippen LogP contribution in [0.25, 0.3) is 0 Å². The number of aryl methyl sites for hydroxylation is 1. The van der Waals surface area contributed by atoms with Crippen LogP contribution in [0, 0.1) is 10.7 Å². The van der Waals surface area contributed by atoms with Crippen molar-refractivity contribution in [3.05, 3.63) is 17.2 Å². The number of imidazole rings is 1. The molecule has 1 N–H and O–H groups in total. The van der Waals surface area contributed by atoms with Gasteiger partial charge in [-0.05, 0) is 31.0 Å². The largest absolute Gasteiger partial charge is 0.337 e. The van der Waals surface area contributed by atoms with Gasteiger partial charge in [-0.2, -0.15) is 0 Å². The molecule has 0 saturated carbocycles. The first-order valence-electron chi connectivity index (χ1n) is 4.44. The van der Waals surface area contributed by atoms with E-state index in [1.807, 2.05) is 12.4 Å². The molecule has 0 aliphatic carbocycles. The van der Waals surface area contributed by atoms with E-state index in [0.29, 0.717) is 0 Å². The molecule has 3 heteroatoms. The van der Waals surface area contributed by atoms with E-state index in [0.717, 1.165) is 17.2 Å². The van der Waals surface area contributed by atoms with E-state index in [4.69, 9.17) is 12.2 Å². The second-order valence-electron chi connectivity index (χ2n) is 3.49. The van der Waals surface area contributed by atoms with Crippen LogP contribution in [0.2, 0.25) is 0 Å². The summed E-state index contributed by atoms with van der Waals surface area (Å²) >= 11 is 5.07. The van der Waals surface area contributed by atoms with Crippen LogP contribution in [-0.2, 0) is 6.54 Å². The van der Waals surface area contributed by atoms with Crippen LogP contribution >= 0.6 is 12.2 Å². The number of aromatic amines is 1. The first-order chi connectivity index (χ1) is 5.70. The van der Waals surface area contributed by atoms with E-state index < -0.39 is 0 Å². The van der Waals surface area contributed by atoms with Crippen LogP contribution < -0.4 is 0 Å². The van der Waals surface area contributed by atoms with Crippen molar-refractivity contribution >= 4 is 12.2 Å². The maximum Gasteiger partial charge on any atom is 0.177 e. The second-order valence-corrected chi connectivity index (χ2v) is 3.88. The normalized spacial score (nSPS) is 10.9. The summed E-state index contributed by atoms with van der Waals surface area (Å²) in [4.78, 5) is 2.98. The minimum atomic E-state index is 0.790. The summed E-state index contributed by atoms with van der Waals surface area (Å²) in [6, 6.07) is 0. The van der Waals surface area contributed by atoms with E-state index in [-0.39, 0.29) is 0 Å². The highest BCUT2D eigenvalue weighted by Crippen LogP contribution is 2.05. The number of nitrogens with one attached hydrogen (secondary N) is 1. The van der Waals surface area contributed by atoms with Gasteiger partial charge in [0.05, 0.1) is 0 Å². The molecule has 1 rings (SSSR count). The number of nitrogens with zero attached hydrogens (tertiary/aromatic N) is 1. The van der Waals surface area contributed by atoms with Gasteiger partial charge in [-0.3, -0.25) is 0 Å². The zero-order valence-corrected chi connectivity index (χ0v) is 8.53. The van der Waals surface area contributed by atoms with Crippen molar-refractivity contribution < 1.29 is 0 Å². The van der Waals surface area contributed by atoms with Crippen LogP contribution in [0.1, 0.15) is 26.7 Å². The smallest absolute Gasteiger partial charge is 0.177 e. The van der Waals surface area contributed by atoms with Gasteiger partial charge in [0.2, 0.25) is 0 Å². The molecule has 1 heterocycles. The Morgan fingerprint density at radius 3 is 2.83 bits per heavy atom. The third kappa shape index (κ3) is 2.81. The highest BCUT2D eigenvalue weighted by Gasteiger charge is 1.95. The van der Waals surface area contributed by atoms with Gasteiger partial charge in [0.1, 0.15) is 0 Å². The Morgan fingerprint density at radius 1 is 1.58 bits per heavy atom. The molecule has 0 aliphatic heterocycles. The predicted molar refractivity (Wildman–Crippen MR) is 53.7 cm³/mol. The molecule has 0 spiro atoms. The lowest BCUT2D eigenvalue weighted by molar-refractivity contribution is 0.510. The number of rotatable bonds is 4. The zero-order chi connectivity index (χ0) is 8.97. The van der Waals surface area contributed by atoms with Crippen molar-refractivity contribution in [2.45, 2.75) is 33.2 Å². The molecule has 0 bridgehead atoms. The second kappa shape index (κ2) is 4.45. The Balaban J connectivity index is 2.34. The summed E-state index contributed by atoms with van der Waals surface area (Å²) < 4.78 is 2.91. The van der Waals surface area contributed by atoms with Crippen LogP contribution in [0.4, 0.5) is 0 Å². The Labute approximate surface area is 78.6 Å². The summed E-state index contributed by atoms with van der Waals surface area (Å²) in [5.41, 5.74) is 0. The summed E-state index contributed by atoms with van der Waals surface area (Å²) in [5.74, 6) is 0.790. The molecule has 0 aromatic carbocycles. The van der Waals surface area contributed by atoms with E-state index in [1.54, 1.807) is 0 Å². The monoisotopic (exact) mass is 184 g/mol. The van der Waals surface area contributed by atoms with Crippen molar-refractivity contribution in [3.63, 3.8) is 0 Å². The highest BCUT2D eigenvalue weighted by atomic mass is 32.1. The highest BCUT2D eigenvalue weighted by molar-refractivity contribution is 7.71. The summed E-state index contributed by atoms with van der Waals surface area (Å²) in [6.45, 7) is 5.54. The molecule has 0 unspecified atom stereocenters. The first kappa shape index (κ1) is 9.52. The number of aromatic nitrogens is 2. The van der Waals surface area contributed by atoms with Gasteiger partial charge >= 0.3 is 0 Å². The van der Waals surface area contributed by atoms with E-state index >= 15 is 0 Å². The average Bonchev–Trinajstić information content (AvgIpc) is 2.36. The maximum absolute atomic E-state index is 5.07. The third-order valence-corrected chi connectivity index (χ3v) is 2.26. The fourth-order valence-corrected chi connectivity index (χ4v) is 1.42. The van der Waals surface area contributed by atoms with Gasteiger partial charge in [0, 0.05) is 18.9 Å². The summed E-state index contributed by atoms with van der Waals surface area (Å²) in [5, 5.41) is 0. The Morgan fingerprint density at radius 2 is 2.33 bits per heavy atom. The fraction of sp³-hybridized carbons (Fsp3) is 0.667. The molecule has 0 fully saturated rings. The number of hydrogen-bond acceptors (Lipinski definition) is 1. The molecular weight excluding hydrogens is 168 g/mol. The van der Waals surface area contributed by atoms with Crippen molar-refractivity contribution in [3.8, 4) is 0 Å². The van der Waals surface area contributed by atoms with Crippen LogP contribution in [0.5, 0.6) is 0 Å². The molecule has 1 aromatic heterocycles. The predicted octanol–water partition coefficient (Wildman–Crippen LogP) is 2.98. The molecule has 0 radical (unpaired) electrons. The molecule has 0 saturated heterocycles. The van der Waals surface area contributed by atoms with Gasteiger partial charge < -0.3 is 9.55 Å². The zero-order valence-electron chi connectivity index (χ0n) is 7.71. The lowest BCUT2D eigenvalue weighted by Gasteiger charge is -2.04. The standard InChI is InChI=1S/C9H16N2S/c1-8(2)4-3-6-11-7-5-10-9(11)12/h5,7-8H,3-4,6H2,1-2H3,(H,10,12). The van der Waals surface area contributed by atoms with Crippen LogP contribution in [0.3, 0.4) is 0 Å². The van der Waals surface area contributed by atoms with E-state index in [1.165, 1.54) is 12.8 Å².